The van der Waals surface area contributed by atoms with Crippen molar-refractivity contribution in [2.75, 3.05) is 6.61 Å². The van der Waals surface area contributed by atoms with E-state index < -0.39 is 41.7 Å². The zero-order valence-electron chi connectivity index (χ0n) is 18.3. The molecular formula is C24H32O6. The van der Waals surface area contributed by atoms with Crippen LogP contribution in [0, 0.1) is 28.6 Å². The predicted octanol–water partition coefficient (Wildman–Crippen LogP) is 2.09. The van der Waals surface area contributed by atoms with Gasteiger partial charge in [-0.2, -0.15) is 0 Å². The van der Waals surface area contributed by atoms with Crippen LogP contribution in [0.4, 0.5) is 0 Å². The van der Waals surface area contributed by atoms with Gasteiger partial charge in [0, 0.05) is 11.5 Å². The summed E-state index contributed by atoms with van der Waals surface area (Å²) in [6.07, 6.45) is 3.43. The van der Waals surface area contributed by atoms with Crippen molar-refractivity contribution in [1.82, 2.24) is 0 Å². The molecule has 4 aliphatic rings. The largest absolute Gasteiger partial charge is 0.451 e. The standard InChI is InChI=1S/C24H32O6/c1-6-12(2)21(28)30-20-13(3)10-23-8-7-16-17(22(16,4)5)15(19(23)27)9-14(11-25)18(26)24(20,23)29/h6,9-10,15-18,20,25-26,29H,7-8,11H2,1-5H3/b12-6-/t15-,16-,17+,18-,20+,23-,24+/m1/s1. The van der Waals surface area contributed by atoms with Crippen LogP contribution in [0.5, 0.6) is 0 Å². The number of esters is 1. The van der Waals surface area contributed by atoms with Crippen LogP contribution in [-0.4, -0.2) is 51.5 Å². The number of hydrogen-bond acceptors (Lipinski definition) is 6. The van der Waals surface area contributed by atoms with E-state index in [2.05, 4.69) is 13.8 Å². The van der Waals surface area contributed by atoms with Crippen LogP contribution >= 0.6 is 0 Å². The molecular weight excluding hydrogens is 384 g/mol. The van der Waals surface area contributed by atoms with E-state index in [9.17, 15) is 24.9 Å². The third-order valence-electron chi connectivity index (χ3n) is 8.44. The van der Waals surface area contributed by atoms with Crippen LogP contribution < -0.4 is 0 Å². The third-order valence-corrected chi connectivity index (χ3v) is 8.44. The molecule has 0 aliphatic heterocycles. The Morgan fingerprint density at radius 2 is 2.03 bits per heavy atom. The Balaban J connectivity index is 1.86. The van der Waals surface area contributed by atoms with Crippen molar-refractivity contribution in [2.45, 2.75) is 65.3 Å². The Kier molecular flexibility index (Phi) is 4.74. The molecule has 0 amide bonds. The molecule has 2 fully saturated rings. The lowest BCUT2D eigenvalue weighted by molar-refractivity contribution is -0.194. The van der Waals surface area contributed by atoms with Gasteiger partial charge in [0.25, 0.3) is 0 Å². The molecule has 0 aromatic carbocycles. The Hall–Kier alpha value is -1.76. The van der Waals surface area contributed by atoms with Crippen molar-refractivity contribution in [3.05, 3.63) is 34.9 Å². The Morgan fingerprint density at radius 3 is 2.63 bits per heavy atom. The number of fused-ring (bicyclic) bond motifs is 3. The second-order valence-electron chi connectivity index (χ2n) is 10.1. The zero-order chi connectivity index (χ0) is 22.2. The number of rotatable bonds is 3. The summed E-state index contributed by atoms with van der Waals surface area (Å²) >= 11 is 0. The van der Waals surface area contributed by atoms with Crippen LogP contribution in [0.1, 0.15) is 47.5 Å². The molecule has 4 rings (SSSR count). The van der Waals surface area contributed by atoms with E-state index in [1.165, 1.54) is 0 Å². The number of ketones is 1. The van der Waals surface area contributed by atoms with Gasteiger partial charge in [-0.3, -0.25) is 4.79 Å². The fourth-order valence-corrected chi connectivity index (χ4v) is 6.53. The first-order chi connectivity index (χ1) is 14.0. The highest BCUT2D eigenvalue weighted by molar-refractivity contribution is 5.95. The van der Waals surface area contributed by atoms with Gasteiger partial charge in [0.05, 0.1) is 12.0 Å². The third kappa shape index (κ3) is 2.47. The second-order valence-corrected chi connectivity index (χ2v) is 10.1. The molecule has 0 aromatic heterocycles. The topological polar surface area (TPSA) is 104 Å². The van der Waals surface area contributed by atoms with Gasteiger partial charge < -0.3 is 20.1 Å². The molecule has 2 bridgehead atoms. The minimum Gasteiger partial charge on any atom is -0.451 e. The van der Waals surface area contributed by atoms with Gasteiger partial charge in [-0.1, -0.05) is 32.1 Å². The number of hydrogen-bond donors (Lipinski definition) is 3. The van der Waals surface area contributed by atoms with Crippen molar-refractivity contribution in [1.29, 1.82) is 0 Å². The molecule has 0 saturated heterocycles. The van der Waals surface area contributed by atoms with Crippen molar-refractivity contribution in [2.24, 2.45) is 28.6 Å². The molecule has 6 heteroatoms. The van der Waals surface area contributed by atoms with Crippen molar-refractivity contribution >= 4 is 11.8 Å². The fraction of sp³-hybridized carbons (Fsp3) is 0.667. The number of carbonyl (C=O) groups is 2. The van der Waals surface area contributed by atoms with Crippen LogP contribution in [0.3, 0.4) is 0 Å². The lowest BCUT2D eigenvalue weighted by Crippen LogP contribution is -2.63. The fourth-order valence-electron chi connectivity index (χ4n) is 6.53. The molecule has 7 atom stereocenters. The van der Waals surface area contributed by atoms with Crippen LogP contribution in [0.15, 0.2) is 34.9 Å². The van der Waals surface area contributed by atoms with E-state index in [0.717, 1.165) is 6.42 Å². The maximum Gasteiger partial charge on any atom is 0.334 e. The summed E-state index contributed by atoms with van der Waals surface area (Å²) in [5, 5.41) is 33.3. The minimum atomic E-state index is -2.05. The maximum atomic E-state index is 14.0. The van der Waals surface area contributed by atoms with Crippen molar-refractivity contribution < 1.29 is 29.6 Å². The summed E-state index contributed by atoms with van der Waals surface area (Å²) in [6, 6.07) is 0. The molecule has 0 heterocycles. The summed E-state index contributed by atoms with van der Waals surface area (Å²) < 4.78 is 5.68. The molecule has 2 saturated carbocycles. The van der Waals surface area contributed by atoms with E-state index in [-0.39, 0.29) is 22.7 Å². The molecule has 3 N–H and O–H groups in total. The molecule has 1 spiro atoms. The van der Waals surface area contributed by atoms with Crippen LogP contribution in [0.2, 0.25) is 0 Å². The molecule has 4 aliphatic carbocycles. The van der Waals surface area contributed by atoms with Crippen molar-refractivity contribution in [3.63, 3.8) is 0 Å². The van der Waals surface area contributed by atoms with E-state index in [4.69, 9.17) is 4.74 Å². The molecule has 30 heavy (non-hydrogen) atoms. The minimum absolute atomic E-state index is 0.00132. The Bertz CT molecular complexity index is 895. The normalized spacial score (nSPS) is 44.2. The van der Waals surface area contributed by atoms with Gasteiger partial charge >= 0.3 is 5.97 Å². The van der Waals surface area contributed by atoms with Gasteiger partial charge in [-0.25, -0.2) is 4.79 Å². The first-order valence-corrected chi connectivity index (χ1v) is 10.8. The lowest BCUT2D eigenvalue weighted by atomic mass is 9.63. The van der Waals surface area contributed by atoms with E-state index in [1.807, 2.05) is 0 Å². The van der Waals surface area contributed by atoms with Crippen molar-refractivity contribution in [3.8, 4) is 0 Å². The smallest absolute Gasteiger partial charge is 0.334 e. The lowest BCUT2D eigenvalue weighted by Gasteiger charge is -2.46. The van der Waals surface area contributed by atoms with Gasteiger partial charge in [-0.15, -0.1) is 0 Å². The number of allylic oxidation sites excluding steroid dienone is 2. The number of Topliss-reactive ketones (excluding diaryl/α,β-unsaturated/α-hetero) is 1. The number of aliphatic hydroxyl groups is 3. The number of ether oxygens (including phenoxy) is 1. The van der Waals surface area contributed by atoms with E-state index >= 15 is 0 Å². The highest BCUT2D eigenvalue weighted by Gasteiger charge is 2.74. The average molecular weight is 417 g/mol. The average Bonchev–Trinajstić information content (AvgIpc) is 3.23. The Labute approximate surface area is 177 Å². The highest BCUT2D eigenvalue weighted by Crippen LogP contribution is 2.70. The number of carbonyl (C=O) groups excluding carboxylic acids is 2. The first-order valence-electron chi connectivity index (χ1n) is 10.8. The second kappa shape index (κ2) is 6.62. The van der Waals surface area contributed by atoms with Gasteiger partial charge in [0.15, 0.2) is 17.5 Å². The summed E-state index contributed by atoms with van der Waals surface area (Å²) in [4.78, 5) is 26.5. The molecule has 0 aromatic rings. The molecule has 6 nitrogen and oxygen atoms in total. The van der Waals surface area contributed by atoms with Gasteiger partial charge in [0.2, 0.25) is 0 Å². The van der Waals surface area contributed by atoms with E-state index in [0.29, 0.717) is 23.5 Å². The monoisotopic (exact) mass is 416 g/mol. The molecule has 0 radical (unpaired) electrons. The summed E-state index contributed by atoms with van der Waals surface area (Å²) in [7, 11) is 0. The first kappa shape index (κ1) is 21.5. The van der Waals surface area contributed by atoms with Crippen LogP contribution in [0.25, 0.3) is 0 Å². The number of aliphatic hydroxyl groups excluding tert-OH is 2. The summed E-state index contributed by atoms with van der Waals surface area (Å²) in [6.45, 7) is 8.86. The van der Waals surface area contributed by atoms with Gasteiger partial charge in [-0.05, 0) is 62.0 Å². The zero-order valence-corrected chi connectivity index (χ0v) is 18.3. The maximum absolute atomic E-state index is 14.0. The SMILES string of the molecule is C/C=C(/C)C(=O)O[C@H]1C(C)=C[C@@]23CC[C@@H]4[C@H]([C@@H](C=C(CO)[C@@H](O)[C@]12O)C3=O)C4(C)C. The predicted molar refractivity (Wildman–Crippen MR) is 110 cm³/mol. The summed E-state index contributed by atoms with van der Waals surface area (Å²) in [5.74, 6) is -0.795. The summed E-state index contributed by atoms with van der Waals surface area (Å²) in [5.41, 5.74) is -2.27. The molecule has 164 valence electrons. The van der Waals surface area contributed by atoms with E-state index in [1.54, 1.807) is 39.0 Å². The van der Waals surface area contributed by atoms with Gasteiger partial charge in [0.1, 0.15) is 6.10 Å². The quantitative estimate of drug-likeness (QED) is 0.370. The molecule has 0 unspecified atom stereocenters. The highest BCUT2D eigenvalue weighted by atomic mass is 16.6. The Morgan fingerprint density at radius 1 is 1.37 bits per heavy atom. The van der Waals surface area contributed by atoms with Crippen LogP contribution in [-0.2, 0) is 14.3 Å².